The Morgan fingerprint density at radius 3 is 0.921 bits per heavy atom. The maximum absolute atomic E-state index is 5.40. The third-order valence-electron chi connectivity index (χ3n) is 4.74. The fourth-order valence-corrected chi connectivity index (χ4v) is 2.61. The summed E-state index contributed by atoms with van der Waals surface area (Å²) in [6.45, 7) is 11.1. The van der Waals surface area contributed by atoms with Crippen LogP contribution in [0, 0.1) is 5.92 Å². The van der Waals surface area contributed by atoms with Crippen LogP contribution in [-0.2, 0) is 14.2 Å². The van der Waals surface area contributed by atoms with Crippen LogP contribution in [0.2, 0.25) is 0 Å². The topological polar surface area (TPSA) is 65.3 Å². The molecule has 6 nitrogen and oxygen atoms in total. The van der Waals surface area contributed by atoms with Crippen molar-refractivity contribution in [3.63, 3.8) is 0 Å². The van der Waals surface area contributed by atoms with Crippen molar-refractivity contribution < 1.29 is 28.4 Å². The molecule has 6 rings (SSSR count). The Morgan fingerprint density at radius 2 is 0.737 bits per heavy atom. The monoisotopic (exact) mass is 524 g/mol. The largest absolute Gasteiger partial charge is 0.491 e. The molecule has 3 atom stereocenters. The first-order valence-corrected chi connectivity index (χ1v) is 13.0. The van der Waals surface area contributed by atoms with Gasteiger partial charge in [-0.15, -0.1) is 0 Å². The van der Waals surface area contributed by atoms with Crippen LogP contribution < -0.4 is 14.2 Å². The van der Waals surface area contributed by atoms with Crippen LogP contribution >= 0.6 is 0 Å². The lowest BCUT2D eigenvalue weighted by Crippen LogP contribution is -2.03. The molecule has 0 N–H and O–H groups in total. The number of ether oxygens (including phenoxy) is 6. The van der Waals surface area contributed by atoms with Crippen LogP contribution in [0.5, 0.6) is 17.2 Å². The number of hydrogen-bond donors (Lipinski definition) is 0. The van der Waals surface area contributed by atoms with E-state index in [-0.39, 0.29) is 7.43 Å². The minimum atomic E-state index is 0. The van der Waals surface area contributed by atoms with Gasteiger partial charge in [-0.05, 0) is 42.3 Å². The van der Waals surface area contributed by atoms with Crippen LogP contribution in [0.1, 0.15) is 28.2 Å². The smallest absolute Gasteiger partial charge is 0.119 e. The molecule has 0 radical (unpaired) electrons. The Hall–Kier alpha value is -3.06. The number of hydrogen-bond acceptors (Lipinski definition) is 6. The van der Waals surface area contributed by atoms with E-state index in [9.17, 15) is 0 Å². The first-order chi connectivity index (χ1) is 18.1. The SMILES string of the molecule is C.CC(C)C.c1ccc(OCC2CO2)cc1.c1ccc(OCC2CO2)cc1.c1ccc(OCC2CO2)cc1. The van der Waals surface area contributed by atoms with Gasteiger partial charge in [0.15, 0.2) is 0 Å². The summed E-state index contributed by atoms with van der Waals surface area (Å²) in [5, 5.41) is 0. The fraction of sp³-hybridized carbons (Fsp3) is 0.438. The predicted molar refractivity (Wildman–Crippen MR) is 152 cm³/mol. The number of benzene rings is 3. The maximum atomic E-state index is 5.40. The predicted octanol–water partition coefficient (Wildman–Crippen LogP) is 6.69. The Kier molecular flexibility index (Phi) is 15.0. The first kappa shape index (κ1) is 31.2. The van der Waals surface area contributed by atoms with Crippen molar-refractivity contribution in [2.24, 2.45) is 5.92 Å². The van der Waals surface area contributed by atoms with Crippen LogP contribution in [0.4, 0.5) is 0 Å². The molecular formula is C32H44O6. The van der Waals surface area contributed by atoms with Crippen molar-refractivity contribution in [2.75, 3.05) is 39.6 Å². The summed E-state index contributed by atoms with van der Waals surface area (Å²) in [4.78, 5) is 0. The zero-order valence-electron chi connectivity index (χ0n) is 22.2. The van der Waals surface area contributed by atoms with Crippen molar-refractivity contribution >= 4 is 0 Å². The first-order valence-electron chi connectivity index (χ1n) is 13.0. The Bertz CT molecular complexity index is 814. The summed E-state index contributed by atoms with van der Waals surface area (Å²) >= 11 is 0. The molecule has 3 fully saturated rings. The molecule has 3 unspecified atom stereocenters. The lowest BCUT2D eigenvalue weighted by atomic mass is 10.3. The average Bonchev–Trinajstić information content (AvgIpc) is 3.78. The van der Waals surface area contributed by atoms with Crippen LogP contribution in [-0.4, -0.2) is 58.0 Å². The summed E-state index contributed by atoms with van der Waals surface area (Å²) in [5.74, 6) is 3.59. The van der Waals surface area contributed by atoms with Crippen molar-refractivity contribution in [3.05, 3.63) is 91.0 Å². The zero-order valence-corrected chi connectivity index (χ0v) is 22.2. The van der Waals surface area contributed by atoms with Crippen LogP contribution in [0.15, 0.2) is 91.0 Å². The number of rotatable bonds is 9. The van der Waals surface area contributed by atoms with Crippen molar-refractivity contribution in [3.8, 4) is 17.2 Å². The lowest BCUT2D eigenvalue weighted by molar-refractivity contribution is 0.263. The van der Waals surface area contributed by atoms with Gasteiger partial charge < -0.3 is 28.4 Å². The highest BCUT2D eigenvalue weighted by Crippen LogP contribution is 2.15. The maximum Gasteiger partial charge on any atom is 0.119 e. The van der Waals surface area contributed by atoms with E-state index in [2.05, 4.69) is 20.8 Å². The van der Waals surface area contributed by atoms with Gasteiger partial charge in [0.25, 0.3) is 0 Å². The van der Waals surface area contributed by atoms with E-state index < -0.39 is 0 Å². The third-order valence-corrected chi connectivity index (χ3v) is 4.74. The second-order valence-electron chi connectivity index (χ2n) is 9.47. The zero-order chi connectivity index (χ0) is 26.1. The van der Waals surface area contributed by atoms with Crippen LogP contribution in [0.3, 0.4) is 0 Å². The van der Waals surface area contributed by atoms with E-state index in [0.29, 0.717) is 38.1 Å². The molecule has 0 aliphatic carbocycles. The van der Waals surface area contributed by atoms with E-state index in [1.54, 1.807) is 0 Å². The van der Waals surface area contributed by atoms with Crippen molar-refractivity contribution in [2.45, 2.75) is 46.5 Å². The molecule has 0 amide bonds. The summed E-state index contributed by atoms with van der Waals surface area (Å²) in [7, 11) is 0. The summed E-state index contributed by atoms with van der Waals surface area (Å²) in [6.07, 6.45) is 1.03. The highest BCUT2D eigenvalue weighted by atomic mass is 16.6. The third kappa shape index (κ3) is 16.6. The lowest BCUT2D eigenvalue weighted by Gasteiger charge is -2.01. The van der Waals surface area contributed by atoms with Gasteiger partial charge in [-0.1, -0.05) is 82.8 Å². The fourth-order valence-electron chi connectivity index (χ4n) is 2.61. The second kappa shape index (κ2) is 18.2. The molecule has 3 aromatic rings. The number of para-hydroxylation sites is 3. The molecule has 6 heteroatoms. The highest BCUT2D eigenvalue weighted by molar-refractivity contribution is 5.22. The molecule has 3 heterocycles. The molecule has 0 saturated carbocycles. The highest BCUT2D eigenvalue weighted by Gasteiger charge is 2.24. The van der Waals surface area contributed by atoms with Gasteiger partial charge in [0.2, 0.25) is 0 Å². The molecule has 3 aliphatic heterocycles. The van der Waals surface area contributed by atoms with Crippen molar-refractivity contribution in [1.82, 2.24) is 0 Å². The Labute approximate surface area is 228 Å². The molecule has 38 heavy (non-hydrogen) atoms. The molecule has 3 saturated heterocycles. The normalized spacial score (nSPS) is 19.4. The minimum Gasteiger partial charge on any atom is -0.491 e. The molecule has 0 aromatic heterocycles. The second-order valence-corrected chi connectivity index (χ2v) is 9.47. The quantitative estimate of drug-likeness (QED) is 0.291. The molecule has 0 spiro atoms. The van der Waals surface area contributed by atoms with Gasteiger partial charge in [0.05, 0.1) is 19.8 Å². The van der Waals surface area contributed by atoms with Gasteiger partial charge in [-0.2, -0.15) is 0 Å². The van der Waals surface area contributed by atoms with Gasteiger partial charge >= 0.3 is 0 Å². The Balaban J connectivity index is 0.000000185. The van der Waals surface area contributed by atoms with E-state index in [4.69, 9.17) is 28.4 Å². The van der Waals surface area contributed by atoms with Crippen molar-refractivity contribution in [1.29, 1.82) is 0 Å². The summed E-state index contributed by atoms with van der Waals surface area (Å²) in [5.41, 5.74) is 0. The molecule has 0 bridgehead atoms. The van der Waals surface area contributed by atoms with E-state index >= 15 is 0 Å². The van der Waals surface area contributed by atoms with E-state index in [1.807, 2.05) is 91.0 Å². The van der Waals surface area contributed by atoms with E-state index in [0.717, 1.165) is 43.0 Å². The van der Waals surface area contributed by atoms with Gasteiger partial charge in [0, 0.05) is 0 Å². The minimum absolute atomic E-state index is 0. The number of epoxide rings is 3. The molecule has 208 valence electrons. The molecule has 3 aliphatic rings. The van der Waals surface area contributed by atoms with Crippen LogP contribution in [0.25, 0.3) is 0 Å². The van der Waals surface area contributed by atoms with Gasteiger partial charge in [-0.25, -0.2) is 0 Å². The summed E-state index contributed by atoms with van der Waals surface area (Å²) < 4.78 is 31.2. The molecular weight excluding hydrogens is 480 g/mol. The average molecular weight is 525 g/mol. The molecule has 3 aromatic carbocycles. The van der Waals surface area contributed by atoms with E-state index in [1.165, 1.54) is 0 Å². The standard InChI is InChI=1S/3C9H10O2.C4H10.CH4/c3*1-2-4-8(5-3-1)10-6-9-7-11-9;1-4(2)3;/h3*1-5,9H,6-7H2;4H,1-3H3;1H4. The Morgan fingerprint density at radius 1 is 0.526 bits per heavy atom. The summed E-state index contributed by atoms with van der Waals surface area (Å²) in [6, 6.07) is 29.4. The van der Waals surface area contributed by atoms with Gasteiger partial charge in [0.1, 0.15) is 55.4 Å². The van der Waals surface area contributed by atoms with Gasteiger partial charge in [-0.3, -0.25) is 0 Å².